The molecule has 3 aliphatic carbocycles. The van der Waals surface area contributed by atoms with Crippen LogP contribution in [0.2, 0.25) is 0 Å². The first-order valence-corrected chi connectivity index (χ1v) is 14.7. The van der Waals surface area contributed by atoms with E-state index in [4.69, 9.17) is 27.9 Å². The first-order valence-electron chi connectivity index (χ1n) is 13.1. The first-order chi connectivity index (χ1) is 18.8. The van der Waals surface area contributed by atoms with E-state index in [9.17, 15) is 14.4 Å². The van der Waals surface area contributed by atoms with Crippen molar-refractivity contribution in [2.24, 2.45) is 11.8 Å². The lowest BCUT2D eigenvalue weighted by Crippen LogP contribution is -2.57. The van der Waals surface area contributed by atoms with Crippen molar-refractivity contribution in [3.05, 3.63) is 105 Å². The van der Waals surface area contributed by atoms with E-state index in [1.807, 2.05) is 72.8 Å². The molecule has 4 aliphatic rings. The number of unbranched alkanes of at least 4 members (excludes halogenated alkanes) is 2. The lowest BCUT2D eigenvalue weighted by Gasteiger charge is -2.54. The van der Waals surface area contributed by atoms with Crippen molar-refractivity contribution in [3.63, 3.8) is 0 Å². The molecule has 0 N–H and O–H groups in total. The van der Waals surface area contributed by atoms with Crippen LogP contribution in [0.1, 0.15) is 53.5 Å². The van der Waals surface area contributed by atoms with Crippen LogP contribution in [0.5, 0.6) is 0 Å². The fourth-order valence-electron chi connectivity index (χ4n) is 6.48. The minimum atomic E-state index is -1.16. The van der Waals surface area contributed by atoms with Crippen LogP contribution in [-0.4, -0.2) is 29.2 Å². The average Bonchev–Trinajstić information content (AvgIpc) is 3.21. The van der Waals surface area contributed by atoms with Gasteiger partial charge in [0.15, 0.2) is 0 Å². The van der Waals surface area contributed by atoms with Gasteiger partial charge in [-0.1, -0.05) is 83.0 Å². The van der Waals surface area contributed by atoms with Crippen LogP contribution in [0.25, 0.3) is 0 Å². The molecule has 1 aliphatic heterocycles. The second-order valence-corrected chi connectivity index (χ2v) is 12.5. The number of carbonyl (C=O) groups is 3. The zero-order valence-corrected chi connectivity index (χ0v) is 24.1. The SMILES string of the molecule is O=C(CCCCCN1C(=O)[C@@H]2[C@@H](C1=O)C1(Cl)c3ccccc3C2(Cl)c2ccccc21)OCc1ccc(Br)cc1. The second kappa shape index (κ2) is 10.1. The van der Waals surface area contributed by atoms with Crippen molar-refractivity contribution in [1.82, 2.24) is 4.90 Å². The van der Waals surface area contributed by atoms with Crippen molar-refractivity contribution in [3.8, 4) is 0 Å². The number of likely N-dealkylation sites (tertiary alicyclic amines) is 1. The number of esters is 1. The largest absolute Gasteiger partial charge is 0.461 e. The van der Waals surface area contributed by atoms with Crippen molar-refractivity contribution in [2.75, 3.05) is 6.54 Å². The van der Waals surface area contributed by atoms with Crippen LogP contribution >= 0.6 is 39.1 Å². The molecule has 1 saturated heterocycles. The molecule has 0 aromatic heterocycles. The molecule has 1 fully saturated rings. The molecule has 0 unspecified atom stereocenters. The Morgan fingerprint density at radius 2 is 1.26 bits per heavy atom. The number of benzene rings is 3. The van der Waals surface area contributed by atoms with Gasteiger partial charge in [-0.25, -0.2) is 0 Å². The normalized spacial score (nSPS) is 26.3. The van der Waals surface area contributed by atoms with Crippen LogP contribution < -0.4 is 0 Å². The van der Waals surface area contributed by atoms with Crippen molar-refractivity contribution in [1.29, 1.82) is 0 Å². The molecule has 1 heterocycles. The Hall–Kier alpha value is -2.67. The molecule has 3 aromatic carbocycles. The van der Waals surface area contributed by atoms with Gasteiger partial charge in [0.1, 0.15) is 16.4 Å². The molecule has 3 aromatic rings. The summed E-state index contributed by atoms with van der Waals surface area (Å²) in [5.74, 6) is -2.37. The Balaban J connectivity index is 1.12. The zero-order chi connectivity index (χ0) is 27.4. The molecule has 2 amide bonds. The van der Waals surface area contributed by atoms with Crippen molar-refractivity contribution in [2.45, 2.75) is 42.0 Å². The summed E-state index contributed by atoms with van der Waals surface area (Å²) >= 11 is 18.3. The lowest BCUT2D eigenvalue weighted by molar-refractivity contribution is -0.145. The van der Waals surface area contributed by atoms with Crippen molar-refractivity contribution < 1.29 is 19.1 Å². The summed E-state index contributed by atoms with van der Waals surface area (Å²) < 4.78 is 6.33. The van der Waals surface area contributed by atoms with Crippen LogP contribution in [-0.2, 0) is 35.5 Å². The number of hydrogen-bond acceptors (Lipinski definition) is 4. The molecule has 0 saturated carbocycles. The Labute approximate surface area is 245 Å². The van der Waals surface area contributed by atoms with Gasteiger partial charge < -0.3 is 4.74 Å². The Morgan fingerprint density at radius 1 is 0.769 bits per heavy atom. The van der Waals surface area contributed by atoms with E-state index in [-0.39, 0.29) is 37.4 Å². The van der Waals surface area contributed by atoms with Crippen LogP contribution in [0.4, 0.5) is 0 Å². The summed E-state index contributed by atoms with van der Waals surface area (Å²) in [5.41, 5.74) is 4.11. The van der Waals surface area contributed by atoms with Gasteiger partial charge in [0, 0.05) is 17.4 Å². The van der Waals surface area contributed by atoms with E-state index in [1.165, 1.54) is 4.90 Å². The maximum atomic E-state index is 13.8. The molecule has 0 radical (unpaired) electrons. The number of rotatable bonds is 8. The molecule has 0 spiro atoms. The number of carbonyl (C=O) groups excluding carboxylic acids is 3. The van der Waals surface area contributed by atoms with Gasteiger partial charge in [-0.15, -0.1) is 23.2 Å². The first kappa shape index (κ1) is 26.5. The van der Waals surface area contributed by atoms with Gasteiger partial charge in [0.05, 0.1) is 11.8 Å². The summed E-state index contributed by atoms with van der Waals surface area (Å²) in [7, 11) is 0. The summed E-state index contributed by atoms with van der Waals surface area (Å²) in [6.07, 6.45) is 2.15. The van der Waals surface area contributed by atoms with Gasteiger partial charge in [0.25, 0.3) is 0 Å². The van der Waals surface area contributed by atoms with Gasteiger partial charge in [-0.2, -0.15) is 0 Å². The van der Waals surface area contributed by atoms with Gasteiger partial charge >= 0.3 is 5.97 Å². The molecule has 8 heteroatoms. The molecular formula is C31H26BrCl2NO4. The molecule has 2 bridgehead atoms. The smallest absolute Gasteiger partial charge is 0.306 e. The van der Waals surface area contributed by atoms with E-state index in [1.54, 1.807) is 0 Å². The Morgan fingerprint density at radius 3 is 1.74 bits per heavy atom. The number of ether oxygens (including phenoxy) is 1. The van der Waals surface area contributed by atoms with Crippen LogP contribution in [0.3, 0.4) is 0 Å². The summed E-state index contributed by atoms with van der Waals surface area (Å²) in [5, 5.41) is 0. The number of amides is 2. The van der Waals surface area contributed by atoms with Crippen LogP contribution in [0.15, 0.2) is 77.3 Å². The highest BCUT2D eigenvalue weighted by molar-refractivity contribution is 9.10. The van der Waals surface area contributed by atoms with Crippen LogP contribution in [0, 0.1) is 11.8 Å². The summed E-state index contributed by atoms with van der Waals surface area (Å²) in [6.45, 7) is 0.502. The quantitative estimate of drug-likeness (QED) is 0.122. The van der Waals surface area contributed by atoms with Gasteiger partial charge in [0.2, 0.25) is 11.8 Å². The highest BCUT2D eigenvalue weighted by Gasteiger charge is 2.72. The number of nitrogens with zero attached hydrogens (tertiary/aromatic N) is 1. The minimum Gasteiger partial charge on any atom is -0.461 e. The lowest BCUT2D eigenvalue weighted by atomic mass is 9.54. The molecule has 2 atom stereocenters. The number of halogens is 3. The standard InChI is InChI=1S/C31H26BrCl2NO4/c32-20-15-13-19(14-16-20)18-39-25(36)12-2-1-7-17-35-28(37)26-27(29(35)38)31(34)22-9-4-3-8-21(22)30(26,33)23-10-5-6-11-24(23)31/h3-6,8-11,13-16,26-27H,1-2,7,12,17-18H2/t26-,27-,30?,31?/m0/s1. The number of hydrogen-bond donors (Lipinski definition) is 0. The number of alkyl halides is 2. The van der Waals surface area contributed by atoms with Crippen molar-refractivity contribution >= 4 is 56.9 Å². The van der Waals surface area contributed by atoms with E-state index in [0.717, 1.165) is 32.3 Å². The highest BCUT2D eigenvalue weighted by atomic mass is 79.9. The molecule has 200 valence electrons. The average molecular weight is 627 g/mol. The second-order valence-electron chi connectivity index (χ2n) is 10.4. The molecule has 7 rings (SSSR count). The topological polar surface area (TPSA) is 63.7 Å². The van der Waals surface area contributed by atoms with E-state index in [0.29, 0.717) is 19.3 Å². The number of imide groups is 1. The van der Waals surface area contributed by atoms with Gasteiger partial charge in [-0.3, -0.25) is 19.3 Å². The molecule has 39 heavy (non-hydrogen) atoms. The Kier molecular flexibility index (Phi) is 6.85. The monoisotopic (exact) mass is 625 g/mol. The fraction of sp³-hybridized carbons (Fsp3) is 0.323. The predicted molar refractivity (Wildman–Crippen MR) is 152 cm³/mol. The highest BCUT2D eigenvalue weighted by Crippen LogP contribution is 2.69. The third kappa shape index (κ3) is 4.06. The third-order valence-corrected chi connectivity index (χ3v) is 10.1. The molecular weight excluding hydrogens is 601 g/mol. The fourth-order valence-corrected chi connectivity index (χ4v) is 7.84. The zero-order valence-electron chi connectivity index (χ0n) is 21.0. The summed E-state index contributed by atoms with van der Waals surface area (Å²) in [6, 6.07) is 22.9. The predicted octanol–water partition coefficient (Wildman–Crippen LogP) is 6.65. The van der Waals surface area contributed by atoms with Gasteiger partial charge in [-0.05, 0) is 52.8 Å². The third-order valence-electron chi connectivity index (χ3n) is 8.25. The van der Waals surface area contributed by atoms with E-state index < -0.39 is 21.6 Å². The maximum Gasteiger partial charge on any atom is 0.306 e. The molecule has 5 nitrogen and oxygen atoms in total. The Bertz CT molecular complexity index is 1350. The van der Waals surface area contributed by atoms with E-state index in [2.05, 4.69) is 15.9 Å². The minimum absolute atomic E-state index is 0.233. The summed E-state index contributed by atoms with van der Waals surface area (Å²) in [4.78, 5) is 38.8. The maximum absolute atomic E-state index is 13.8. The van der Waals surface area contributed by atoms with E-state index >= 15 is 0 Å².